The van der Waals surface area contributed by atoms with Gasteiger partial charge in [-0.05, 0) is 24.1 Å². The zero-order valence-electron chi connectivity index (χ0n) is 12.6. The van der Waals surface area contributed by atoms with Gasteiger partial charge in [-0.2, -0.15) is 0 Å². The van der Waals surface area contributed by atoms with Gasteiger partial charge in [-0.1, -0.05) is 18.2 Å². The number of nitrogens with zero attached hydrogens (tertiary/aromatic N) is 1. The minimum absolute atomic E-state index is 0.122. The van der Waals surface area contributed by atoms with Crippen LogP contribution >= 0.6 is 0 Å². The molecular weight excluding hydrogens is 280 g/mol. The quantitative estimate of drug-likeness (QED) is 0.884. The molecule has 0 fully saturated rings. The predicted molar refractivity (Wildman–Crippen MR) is 85.8 cm³/mol. The molecule has 2 aromatic carbocycles. The van der Waals surface area contributed by atoms with Crippen LogP contribution in [0.5, 0.6) is 11.5 Å². The van der Waals surface area contributed by atoms with Crippen LogP contribution in [0, 0.1) is 0 Å². The van der Waals surface area contributed by atoms with Crippen LogP contribution < -0.4 is 20.1 Å². The Kier molecular flexibility index (Phi) is 3.63. The maximum Gasteiger partial charge on any atom is 0.260 e. The maximum atomic E-state index is 12.8. The molecule has 1 aliphatic heterocycles. The summed E-state index contributed by atoms with van der Waals surface area (Å²) in [5, 5.41) is 0. The number of para-hydroxylation sites is 1. The highest BCUT2D eigenvalue weighted by Gasteiger charge is 2.27. The number of fused-ring (bicyclic) bond motifs is 1. The summed E-state index contributed by atoms with van der Waals surface area (Å²) in [5.41, 5.74) is 8.95. The molecule has 5 heteroatoms. The minimum atomic E-state index is -0.122. The monoisotopic (exact) mass is 298 g/mol. The van der Waals surface area contributed by atoms with Crippen LogP contribution in [0.2, 0.25) is 0 Å². The third kappa shape index (κ3) is 2.24. The summed E-state index contributed by atoms with van der Waals surface area (Å²) in [6.45, 7) is 0.659. The van der Waals surface area contributed by atoms with Crippen LogP contribution in [-0.2, 0) is 6.42 Å². The largest absolute Gasteiger partial charge is 0.493 e. The van der Waals surface area contributed by atoms with E-state index in [0.29, 0.717) is 29.3 Å². The number of ether oxygens (including phenoxy) is 2. The van der Waals surface area contributed by atoms with Gasteiger partial charge in [0.25, 0.3) is 5.91 Å². The highest BCUT2D eigenvalue weighted by atomic mass is 16.5. The molecule has 0 atom stereocenters. The van der Waals surface area contributed by atoms with Crippen LogP contribution in [0.3, 0.4) is 0 Å². The molecule has 0 spiro atoms. The molecule has 0 saturated carbocycles. The molecule has 1 amide bonds. The summed E-state index contributed by atoms with van der Waals surface area (Å²) in [4.78, 5) is 14.6. The molecule has 2 aromatic rings. The molecule has 0 aromatic heterocycles. The van der Waals surface area contributed by atoms with Crippen molar-refractivity contribution in [3.63, 3.8) is 0 Å². The topological polar surface area (TPSA) is 64.8 Å². The van der Waals surface area contributed by atoms with Crippen LogP contribution in [0.15, 0.2) is 36.4 Å². The average molecular weight is 298 g/mol. The van der Waals surface area contributed by atoms with E-state index in [4.69, 9.17) is 15.2 Å². The number of amides is 1. The number of anilines is 2. The lowest BCUT2D eigenvalue weighted by atomic mass is 10.1. The van der Waals surface area contributed by atoms with Gasteiger partial charge in [-0.15, -0.1) is 0 Å². The third-order valence-electron chi connectivity index (χ3n) is 3.92. The number of hydrogen-bond donors (Lipinski definition) is 1. The fraction of sp³-hybridized carbons (Fsp3) is 0.235. The molecule has 114 valence electrons. The number of carbonyl (C=O) groups excluding carboxylic acids is 1. The number of carbonyl (C=O) groups is 1. The molecule has 3 rings (SSSR count). The molecular formula is C17H18N2O3. The Morgan fingerprint density at radius 2 is 1.82 bits per heavy atom. The normalized spacial score (nSPS) is 12.9. The summed E-state index contributed by atoms with van der Waals surface area (Å²) >= 11 is 0. The van der Waals surface area contributed by atoms with Crippen molar-refractivity contribution in [2.45, 2.75) is 6.42 Å². The molecule has 2 N–H and O–H groups in total. The average Bonchev–Trinajstić information content (AvgIpc) is 2.98. The second-order valence-electron chi connectivity index (χ2n) is 5.13. The van der Waals surface area contributed by atoms with Gasteiger partial charge in [-0.3, -0.25) is 4.79 Å². The van der Waals surface area contributed by atoms with Crippen molar-refractivity contribution in [3.8, 4) is 11.5 Å². The fourth-order valence-corrected chi connectivity index (χ4v) is 2.77. The van der Waals surface area contributed by atoms with Gasteiger partial charge in [-0.25, -0.2) is 0 Å². The molecule has 0 unspecified atom stereocenters. The lowest BCUT2D eigenvalue weighted by Crippen LogP contribution is -2.29. The Labute approximate surface area is 129 Å². The zero-order chi connectivity index (χ0) is 15.7. The Hall–Kier alpha value is -2.69. The van der Waals surface area contributed by atoms with Crippen molar-refractivity contribution in [1.82, 2.24) is 0 Å². The van der Waals surface area contributed by atoms with Crippen molar-refractivity contribution in [2.75, 3.05) is 31.4 Å². The molecule has 1 heterocycles. The first-order chi connectivity index (χ1) is 10.7. The van der Waals surface area contributed by atoms with E-state index in [2.05, 4.69) is 0 Å². The molecule has 1 aliphatic rings. The second kappa shape index (κ2) is 5.60. The van der Waals surface area contributed by atoms with E-state index in [0.717, 1.165) is 12.1 Å². The Morgan fingerprint density at radius 3 is 2.55 bits per heavy atom. The highest BCUT2D eigenvalue weighted by molar-refractivity contribution is 6.10. The van der Waals surface area contributed by atoms with Crippen molar-refractivity contribution in [3.05, 3.63) is 47.5 Å². The lowest BCUT2D eigenvalue weighted by molar-refractivity contribution is 0.0990. The van der Waals surface area contributed by atoms with Gasteiger partial charge in [0.2, 0.25) is 0 Å². The molecule has 5 nitrogen and oxygen atoms in total. The van der Waals surface area contributed by atoms with E-state index >= 15 is 0 Å². The number of rotatable bonds is 3. The van der Waals surface area contributed by atoms with E-state index in [9.17, 15) is 4.79 Å². The summed E-state index contributed by atoms with van der Waals surface area (Å²) < 4.78 is 10.5. The van der Waals surface area contributed by atoms with Gasteiger partial charge in [0, 0.05) is 24.0 Å². The standard InChI is InChI=1S/C17H18N2O3/c1-21-15-9-12(13(18)10-16(15)22-2)17(20)19-8-7-11-5-3-4-6-14(11)19/h3-6,9-10H,7-8,18H2,1-2H3. The van der Waals surface area contributed by atoms with E-state index in [1.165, 1.54) is 19.8 Å². The maximum absolute atomic E-state index is 12.8. The number of nitrogens with two attached hydrogens (primary N) is 1. The molecule has 22 heavy (non-hydrogen) atoms. The Balaban J connectivity index is 2.00. The first-order valence-electron chi connectivity index (χ1n) is 7.07. The smallest absolute Gasteiger partial charge is 0.260 e. The van der Waals surface area contributed by atoms with Crippen LogP contribution in [0.25, 0.3) is 0 Å². The van der Waals surface area contributed by atoms with E-state index in [1.807, 2.05) is 24.3 Å². The third-order valence-corrected chi connectivity index (χ3v) is 3.92. The van der Waals surface area contributed by atoms with Crippen molar-refractivity contribution >= 4 is 17.3 Å². The number of hydrogen-bond acceptors (Lipinski definition) is 4. The fourth-order valence-electron chi connectivity index (χ4n) is 2.77. The van der Waals surface area contributed by atoms with Crippen LogP contribution in [-0.4, -0.2) is 26.7 Å². The number of benzene rings is 2. The summed E-state index contributed by atoms with van der Waals surface area (Å²) in [7, 11) is 3.07. The van der Waals surface area contributed by atoms with Gasteiger partial charge in [0.15, 0.2) is 11.5 Å². The van der Waals surface area contributed by atoms with E-state index < -0.39 is 0 Å². The molecule has 0 aliphatic carbocycles. The van der Waals surface area contributed by atoms with Gasteiger partial charge < -0.3 is 20.1 Å². The van der Waals surface area contributed by atoms with E-state index in [1.54, 1.807) is 17.0 Å². The van der Waals surface area contributed by atoms with Gasteiger partial charge in [0.05, 0.1) is 19.8 Å². The zero-order valence-corrected chi connectivity index (χ0v) is 12.6. The van der Waals surface area contributed by atoms with Crippen LogP contribution in [0.4, 0.5) is 11.4 Å². The predicted octanol–water partition coefficient (Wildman–Crippen LogP) is 2.49. The Bertz CT molecular complexity index is 728. The molecule has 0 radical (unpaired) electrons. The number of nitrogen functional groups attached to an aromatic ring is 1. The first-order valence-corrected chi connectivity index (χ1v) is 7.07. The first kappa shape index (κ1) is 14.3. The second-order valence-corrected chi connectivity index (χ2v) is 5.13. The molecule has 0 bridgehead atoms. The van der Waals surface area contributed by atoms with Gasteiger partial charge in [0.1, 0.15) is 0 Å². The summed E-state index contributed by atoms with van der Waals surface area (Å²) in [6.07, 6.45) is 0.856. The SMILES string of the molecule is COc1cc(N)c(C(=O)N2CCc3ccccc32)cc1OC. The molecule has 0 saturated heterocycles. The van der Waals surface area contributed by atoms with Crippen LogP contribution in [0.1, 0.15) is 15.9 Å². The lowest BCUT2D eigenvalue weighted by Gasteiger charge is -2.19. The van der Waals surface area contributed by atoms with Crippen molar-refractivity contribution < 1.29 is 14.3 Å². The Morgan fingerprint density at radius 1 is 1.14 bits per heavy atom. The van der Waals surface area contributed by atoms with Crippen molar-refractivity contribution in [1.29, 1.82) is 0 Å². The van der Waals surface area contributed by atoms with Crippen molar-refractivity contribution in [2.24, 2.45) is 0 Å². The summed E-state index contributed by atoms with van der Waals surface area (Å²) in [6, 6.07) is 11.2. The highest BCUT2D eigenvalue weighted by Crippen LogP contribution is 2.35. The summed E-state index contributed by atoms with van der Waals surface area (Å²) in [5.74, 6) is 0.884. The number of methoxy groups -OCH3 is 2. The minimum Gasteiger partial charge on any atom is -0.493 e. The van der Waals surface area contributed by atoms with Gasteiger partial charge >= 0.3 is 0 Å². The van der Waals surface area contributed by atoms with E-state index in [-0.39, 0.29) is 5.91 Å².